The second kappa shape index (κ2) is 1.72. The Bertz CT molecular complexity index is 180. The molecule has 0 aromatic rings. The molecule has 0 aromatic carbocycles. The molecule has 2 aliphatic rings. The summed E-state index contributed by atoms with van der Waals surface area (Å²) in [4.78, 5) is 11.1. The number of hydrogen-bond acceptors (Lipinski definition) is 3. The van der Waals surface area contributed by atoms with Crippen molar-refractivity contribution in [1.82, 2.24) is 5.32 Å². The third-order valence-electron chi connectivity index (χ3n) is 2.64. The zero-order valence-electron chi connectivity index (χ0n) is 6.02. The SMILES string of the molecule is CC12NCCC1COC2=O. The summed E-state index contributed by atoms with van der Waals surface area (Å²) in [6, 6.07) is 0. The first kappa shape index (κ1) is 6.16. The minimum absolute atomic E-state index is 0.0741. The Hall–Kier alpha value is -0.570. The van der Waals surface area contributed by atoms with Gasteiger partial charge >= 0.3 is 5.97 Å². The van der Waals surface area contributed by atoms with Crippen molar-refractivity contribution in [2.75, 3.05) is 13.2 Å². The summed E-state index contributed by atoms with van der Waals surface area (Å²) in [6.07, 6.45) is 1.07. The van der Waals surface area contributed by atoms with Gasteiger partial charge in [-0.05, 0) is 19.9 Å². The molecule has 2 unspecified atom stereocenters. The van der Waals surface area contributed by atoms with Crippen molar-refractivity contribution in [2.45, 2.75) is 18.9 Å². The van der Waals surface area contributed by atoms with Crippen LogP contribution in [0.5, 0.6) is 0 Å². The Morgan fingerprint density at radius 1 is 1.80 bits per heavy atom. The van der Waals surface area contributed by atoms with Gasteiger partial charge in [0.2, 0.25) is 0 Å². The fourth-order valence-electron chi connectivity index (χ4n) is 1.75. The van der Waals surface area contributed by atoms with Gasteiger partial charge in [-0.1, -0.05) is 0 Å². The molecule has 2 aliphatic heterocycles. The van der Waals surface area contributed by atoms with Crippen LogP contribution < -0.4 is 5.32 Å². The number of esters is 1. The molecule has 10 heavy (non-hydrogen) atoms. The quantitative estimate of drug-likeness (QED) is 0.479. The lowest BCUT2D eigenvalue weighted by Gasteiger charge is -2.17. The summed E-state index contributed by atoms with van der Waals surface area (Å²) in [5.74, 6) is 0.343. The van der Waals surface area contributed by atoms with Gasteiger partial charge in [0.05, 0.1) is 6.61 Å². The fourth-order valence-corrected chi connectivity index (χ4v) is 1.75. The highest BCUT2D eigenvalue weighted by molar-refractivity contribution is 5.83. The normalized spacial score (nSPS) is 45.3. The molecule has 2 rings (SSSR count). The van der Waals surface area contributed by atoms with Crippen molar-refractivity contribution >= 4 is 5.97 Å². The van der Waals surface area contributed by atoms with Crippen LogP contribution in [0, 0.1) is 5.92 Å². The van der Waals surface area contributed by atoms with Crippen LogP contribution in [-0.4, -0.2) is 24.7 Å². The molecule has 0 aromatic heterocycles. The van der Waals surface area contributed by atoms with Crippen molar-refractivity contribution in [3.63, 3.8) is 0 Å². The number of ether oxygens (including phenoxy) is 1. The van der Waals surface area contributed by atoms with Crippen LogP contribution in [0.25, 0.3) is 0 Å². The maximum Gasteiger partial charge on any atom is 0.326 e. The topological polar surface area (TPSA) is 38.3 Å². The van der Waals surface area contributed by atoms with Crippen LogP contribution in [0.3, 0.4) is 0 Å². The summed E-state index contributed by atoms with van der Waals surface area (Å²) in [6.45, 7) is 3.50. The van der Waals surface area contributed by atoms with Gasteiger partial charge in [-0.2, -0.15) is 0 Å². The maximum atomic E-state index is 11.1. The molecule has 3 nitrogen and oxygen atoms in total. The van der Waals surface area contributed by atoms with E-state index >= 15 is 0 Å². The molecule has 0 spiro atoms. The van der Waals surface area contributed by atoms with E-state index in [9.17, 15) is 4.79 Å². The lowest BCUT2D eigenvalue weighted by Crippen LogP contribution is -2.45. The third-order valence-corrected chi connectivity index (χ3v) is 2.64. The van der Waals surface area contributed by atoms with Crippen LogP contribution in [-0.2, 0) is 9.53 Å². The molecule has 1 N–H and O–H groups in total. The van der Waals surface area contributed by atoms with Crippen molar-refractivity contribution in [1.29, 1.82) is 0 Å². The molecule has 2 atom stereocenters. The maximum absolute atomic E-state index is 11.1. The van der Waals surface area contributed by atoms with E-state index in [-0.39, 0.29) is 11.5 Å². The van der Waals surface area contributed by atoms with Crippen LogP contribution in [0.1, 0.15) is 13.3 Å². The zero-order valence-corrected chi connectivity index (χ0v) is 6.02. The van der Waals surface area contributed by atoms with Gasteiger partial charge in [-0.15, -0.1) is 0 Å². The molecule has 3 heteroatoms. The highest BCUT2D eigenvalue weighted by Crippen LogP contribution is 2.33. The molecule has 0 aliphatic carbocycles. The first-order valence-corrected chi connectivity index (χ1v) is 3.66. The largest absolute Gasteiger partial charge is 0.464 e. The van der Waals surface area contributed by atoms with E-state index < -0.39 is 0 Å². The van der Waals surface area contributed by atoms with Gasteiger partial charge in [0, 0.05) is 5.92 Å². The van der Waals surface area contributed by atoms with Crippen molar-refractivity contribution in [3.05, 3.63) is 0 Å². The minimum atomic E-state index is -0.347. The molecule has 56 valence electrons. The monoisotopic (exact) mass is 141 g/mol. The van der Waals surface area contributed by atoms with Crippen LogP contribution in [0.15, 0.2) is 0 Å². The minimum Gasteiger partial charge on any atom is -0.464 e. The highest BCUT2D eigenvalue weighted by Gasteiger charge is 2.51. The first-order chi connectivity index (χ1) is 4.73. The highest BCUT2D eigenvalue weighted by atomic mass is 16.5. The van der Waals surface area contributed by atoms with E-state index in [1.54, 1.807) is 0 Å². The van der Waals surface area contributed by atoms with Gasteiger partial charge in [0.25, 0.3) is 0 Å². The number of carbonyl (C=O) groups excluding carboxylic acids is 1. The lowest BCUT2D eigenvalue weighted by molar-refractivity contribution is -0.142. The van der Waals surface area contributed by atoms with E-state index in [1.807, 2.05) is 6.92 Å². The second-order valence-corrected chi connectivity index (χ2v) is 3.21. The van der Waals surface area contributed by atoms with Gasteiger partial charge in [-0.25, -0.2) is 0 Å². The summed E-state index contributed by atoms with van der Waals surface area (Å²) in [5.41, 5.74) is -0.347. The zero-order chi connectivity index (χ0) is 7.19. The second-order valence-electron chi connectivity index (χ2n) is 3.21. The van der Waals surface area contributed by atoms with Gasteiger partial charge in [0.15, 0.2) is 0 Å². The number of nitrogens with one attached hydrogen (secondary N) is 1. The van der Waals surface area contributed by atoms with Crippen LogP contribution in [0.2, 0.25) is 0 Å². The van der Waals surface area contributed by atoms with Gasteiger partial charge in [0.1, 0.15) is 5.54 Å². The molecule has 0 amide bonds. The predicted molar refractivity (Wildman–Crippen MR) is 35.5 cm³/mol. The average molecular weight is 141 g/mol. The van der Waals surface area contributed by atoms with Crippen LogP contribution in [0.4, 0.5) is 0 Å². The summed E-state index contributed by atoms with van der Waals surface area (Å²) >= 11 is 0. The van der Waals surface area contributed by atoms with Crippen molar-refractivity contribution in [3.8, 4) is 0 Å². The first-order valence-electron chi connectivity index (χ1n) is 3.66. The Balaban J connectivity index is 2.30. The summed E-state index contributed by atoms with van der Waals surface area (Å²) < 4.78 is 4.92. The van der Waals surface area contributed by atoms with Crippen molar-refractivity contribution < 1.29 is 9.53 Å². The molecule has 2 heterocycles. The number of carbonyl (C=O) groups is 1. The summed E-state index contributed by atoms with van der Waals surface area (Å²) in [7, 11) is 0. The predicted octanol–water partition coefficient (Wildman–Crippen LogP) is -0.0886. The van der Waals surface area contributed by atoms with E-state index in [0.29, 0.717) is 12.5 Å². The Morgan fingerprint density at radius 2 is 2.60 bits per heavy atom. The molecule has 0 saturated carbocycles. The van der Waals surface area contributed by atoms with E-state index in [4.69, 9.17) is 4.74 Å². The Kier molecular flexibility index (Phi) is 1.06. The number of hydrogen-bond donors (Lipinski definition) is 1. The van der Waals surface area contributed by atoms with Gasteiger partial charge in [-0.3, -0.25) is 4.79 Å². The van der Waals surface area contributed by atoms with E-state index in [0.717, 1.165) is 13.0 Å². The molecule has 0 radical (unpaired) electrons. The lowest BCUT2D eigenvalue weighted by atomic mass is 9.91. The Labute approximate surface area is 59.7 Å². The summed E-state index contributed by atoms with van der Waals surface area (Å²) in [5, 5.41) is 3.17. The van der Waals surface area contributed by atoms with Crippen molar-refractivity contribution in [2.24, 2.45) is 5.92 Å². The molecule has 2 saturated heterocycles. The third kappa shape index (κ3) is 0.560. The van der Waals surface area contributed by atoms with E-state index in [1.165, 1.54) is 0 Å². The molecule has 2 fully saturated rings. The molecular formula is C7H11NO2. The van der Waals surface area contributed by atoms with Crippen LogP contribution >= 0.6 is 0 Å². The fraction of sp³-hybridized carbons (Fsp3) is 0.857. The van der Waals surface area contributed by atoms with Gasteiger partial charge < -0.3 is 10.1 Å². The van der Waals surface area contributed by atoms with E-state index in [2.05, 4.69) is 5.32 Å². The molecule has 0 bridgehead atoms. The standard InChI is InChI=1S/C7H11NO2/c1-7-5(2-3-8-7)4-10-6(7)9/h5,8H,2-4H2,1H3. The smallest absolute Gasteiger partial charge is 0.326 e. The average Bonchev–Trinajstić information content (AvgIpc) is 2.36. The number of rotatable bonds is 0. The number of cyclic esters (lactones) is 1. The Morgan fingerprint density at radius 3 is 3.30 bits per heavy atom. The molecular weight excluding hydrogens is 130 g/mol. The number of fused-ring (bicyclic) bond motifs is 1.